The first-order valence-corrected chi connectivity index (χ1v) is 16.8. The zero-order valence-corrected chi connectivity index (χ0v) is 26.5. The van der Waals surface area contributed by atoms with E-state index in [0.717, 1.165) is 29.5 Å². The Labute approximate surface area is 261 Å². The Hall–Kier alpha value is -2.95. The highest BCUT2D eigenvalue weighted by Gasteiger charge is 2.37. The number of carbonyl (C=O) groups excluding carboxylic acids is 1. The van der Waals surface area contributed by atoms with Crippen molar-refractivity contribution >= 4 is 5.97 Å². The third-order valence-electron chi connectivity index (χ3n) is 8.06. The maximum absolute atomic E-state index is 12.1. The highest BCUT2D eigenvalue weighted by Crippen LogP contribution is 2.40. The Morgan fingerprint density at radius 2 is 0.907 bits per heavy atom. The summed E-state index contributed by atoms with van der Waals surface area (Å²) in [5.41, 5.74) is 2.44. The second-order valence-electron chi connectivity index (χ2n) is 11.5. The van der Waals surface area contributed by atoms with E-state index in [-0.39, 0.29) is 12.6 Å². The summed E-state index contributed by atoms with van der Waals surface area (Å²) in [6, 6.07) is 31.0. The third-order valence-corrected chi connectivity index (χ3v) is 8.06. The van der Waals surface area contributed by atoms with Gasteiger partial charge in [-0.1, -0.05) is 175 Å². The van der Waals surface area contributed by atoms with Crippen molar-refractivity contribution in [2.75, 3.05) is 26.4 Å². The lowest BCUT2D eigenvalue weighted by molar-refractivity contribution is -0.145. The first-order chi connectivity index (χ1) is 21.3. The molecule has 0 spiro atoms. The van der Waals surface area contributed by atoms with E-state index in [1.165, 1.54) is 70.6 Å². The van der Waals surface area contributed by atoms with Gasteiger partial charge in [0.2, 0.25) is 0 Å². The minimum absolute atomic E-state index is 0.126. The number of ether oxygens (including phenoxy) is 3. The van der Waals surface area contributed by atoms with E-state index in [4.69, 9.17) is 14.2 Å². The summed E-state index contributed by atoms with van der Waals surface area (Å²) in [5.74, 6) is -0.126. The van der Waals surface area contributed by atoms with Gasteiger partial charge in [-0.15, -0.1) is 0 Å². The van der Waals surface area contributed by atoms with Crippen molar-refractivity contribution in [1.29, 1.82) is 0 Å². The molecule has 0 atom stereocenters. The van der Waals surface area contributed by atoms with Crippen LogP contribution in [0, 0.1) is 0 Å². The second kappa shape index (κ2) is 21.7. The molecule has 0 radical (unpaired) electrons. The maximum Gasteiger partial charge on any atom is 0.305 e. The lowest BCUT2D eigenvalue weighted by Crippen LogP contribution is -2.34. The fourth-order valence-electron chi connectivity index (χ4n) is 5.70. The number of carbonyl (C=O) groups is 1. The van der Waals surface area contributed by atoms with E-state index in [1.54, 1.807) is 0 Å². The SMILES string of the molecule is CCCCCCCCCCCCCCCC(=O)OCCOCCOC(c1ccccc1)(c1ccccc1)c1ccccc1. The molecule has 0 fully saturated rings. The highest BCUT2D eigenvalue weighted by atomic mass is 16.6. The molecule has 3 aromatic carbocycles. The topological polar surface area (TPSA) is 44.8 Å². The Bertz CT molecular complexity index is 987. The van der Waals surface area contributed by atoms with Crippen molar-refractivity contribution in [2.24, 2.45) is 0 Å². The molecule has 4 heteroatoms. The maximum atomic E-state index is 12.1. The molecule has 0 unspecified atom stereocenters. The van der Waals surface area contributed by atoms with Gasteiger partial charge in [-0.2, -0.15) is 0 Å². The van der Waals surface area contributed by atoms with Crippen LogP contribution >= 0.6 is 0 Å². The first-order valence-electron chi connectivity index (χ1n) is 16.8. The molecule has 0 heterocycles. The van der Waals surface area contributed by atoms with Crippen molar-refractivity contribution in [3.63, 3.8) is 0 Å². The van der Waals surface area contributed by atoms with Gasteiger partial charge >= 0.3 is 5.97 Å². The van der Waals surface area contributed by atoms with Gasteiger partial charge in [-0.05, 0) is 23.1 Å². The van der Waals surface area contributed by atoms with Crippen LogP contribution in [-0.4, -0.2) is 32.4 Å². The number of hydrogen-bond donors (Lipinski definition) is 0. The lowest BCUT2D eigenvalue weighted by Gasteiger charge is -2.36. The van der Waals surface area contributed by atoms with Crippen LogP contribution in [0.3, 0.4) is 0 Å². The van der Waals surface area contributed by atoms with Gasteiger partial charge in [0, 0.05) is 6.42 Å². The molecule has 0 aliphatic rings. The Kier molecular flexibility index (Phi) is 17.4. The number of benzene rings is 3. The van der Waals surface area contributed by atoms with Crippen LogP contribution < -0.4 is 0 Å². The molecule has 0 amide bonds. The van der Waals surface area contributed by atoms with E-state index < -0.39 is 5.60 Å². The van der Waals surface area contributed by atoms with Gasteiger partial charge in [0.05, 0.1) is 19.8 Å². The summed E-state index contributed by atoms with van der Waals surface area (Å²) >= 11 is 0. The van der Waals surface area contributed by atoms with Crippen LogP contribution in [0.4, 0.5) is 0 Å². The second-order valence-corrected chi connectivity index (χ2v) is 11.5. The van der Waals surface area contributed by atoms with Crippen molar-refractivity contribution < 1.29 is 19.0 Å². The van der Waals surface area contributed by atoms with Gasteiger partial charge in [-0.3, -0.25) is 4.79 Å². The smallest absolute Gasteiger partial charge is 0.305 e. The molecule has 0 saturated carbocycles. The molecule has 4 nitrogen and oxygen atoms in total. The molecule has 0 bridgehead atoms. The Morgan fingerprint density at radius 1 is 0.512 bits per heavy atom. The van der Waals surface area contributed by atoms with Gasteiger partial charge in [0.25, 0.3) is 0 Å². The fraction of sp³-hybridized carbons (Fsp3) is 0.513. The number of unbranched alkanes of at least 4 members (excludes halogenated alkanes) is 12. The van der Waals surface area contributed by atoms with Crippen LogP contribution in [0.1, 0.15) is 114 Å². The minimum Gasteiger partial charge on any atom is -0.463 e. The van der Waals surface area contributed by atoms with Crippen LogP contribution in [-0.2, 0) is 24.6 Å². The monoisotopic (exact) mass is 586 g/mol. The van der Waals surface area contributed by atoms with Crippen molar-refractivity contribution in [2.45, 2.75) is 102 Å². The van der Waals surface area contributed by atoms with Crippen LogP contribution in [0.2, 0.25) is 0 Å². The summed E-state index contributed by atoms with van der Waals surface area (Å²) < 4.78 is 17.9. The minimum atomic E-state index is -0.756. The molecule has 3 aromatic rings. The summed E-state index contributed by atoms with van der Waals surface area (Å²) in [5, 5.41) is 0. The van der Waals surface area contributed by atoms with Crippen LogP contribution in [0.15, 0.2) is 91.0 Å². The summed E-state index contributed by atoms with van der Waals surface area (Å²) in [4.78, 5) is 12.1. The van der Waals surface area contributed by atoms with Crippen LogP contribution in [0.5, 0.6) is 0 Å². The summed E-state index contributed by atoms with van der Waals surface area (Å²) in [7, 11) is 0. The van der Waals surface area contributed by atoms with Crippen molar-refractivity contribution in [3.05, 3.63) is 108 Å². The quantitative estimate of drug-likeness (QED) is 0.0595. The van der Waals surface area contributed by atoms with Gasteiger partial charge in [0.15, 0.2) is 0 Å². The zero-order chi connectivity index (χ0) is 30.3. The summed E-state index contributed by atoms with van der Waals surface area (Å²) in [6.07, 6.45) is 17.4. The standard InChI is InChI=1S/C39H54O4/c1-2-3-4-5-6-7-8-9-10-11-12-13-23-30-38(40)42-33-31-41-32-34-43-39(35-24-17-14-18-25-35,36-26-19-15-20-27-36)37-28-21-16-22-29-37/h14-22,24-29H,2-13,23,30-34H2,1H3. The Balaban J connectivity index is 1.29. The van der Waals surface area contributed by atoms with E-state index in [2.05, 4.69) is 43.3 Å². The average molecular weight is 587 g/mol. The number of rotatable bonds is 24. The summed E-state index contributed by atoms with van der Waals surface area (Å²) in [6.45, 7) is 3.71. The van der Waals surface area contributed by atoms with E-state index in [1.807, 2.05) is 54.6 Å². The highest BCUT2D eigenvalue weighted by molar-refractivity contribution is 5.69. The molecular formula is C39H54O4. The van der Waals surface area contributed by atoms with Crippen molar-refractivity contribution in [1.82, 2.24) is 0 Å². The third kappa shape index (κ3) is 12.7. The first kappa shape index (κ1) is 34.5. The van der Waals surface area contributed by atoms with E-state index in [9.17, 15) is 4.79 Å². The molecule has 234 valence electrons. The largest absolute Gasteiger partial charge is 0.463 e. The van der Waals surface area contributed by atoms with E-state index in [0.29, 0.717) is 26.2 Å². The molecule has 0 aromatic heterocycles. The normalized spacial score (nSPS) is 11.5. The molecule has 0 aliphatic heterocycles. The molecule has 0 N–H and O–H groups in total. The van der Waals surface area contributed by atoms with E-state index >= 15 is 0 Å². The molecule has 0 aliphatic carbocycles. The lowest BCUT2D eigenvalue weighted by atomic mass is 9.80. The molecule has 0 saturated heterocycles. The van der Waals surface area contributed by atoms with Gasteiger partial charge in [-0.25, -0.2) is 0 Å². The fourth-order valence-corrected chi connectivity index (χ4v) is 5.70. The number of esters is 1. The van der Waals surface area contributed by atoms with Crippen molar-refractivity contribution in [3.8, 4) is 0 Å². The zero-order valence-electron chi connectivity index (χ0n) is 26.5. The Morgan fingerprint density at radius 3 is 1.35 bits per heavy atom. The number of hydrogen-bond acceptors (Lipinski definition) is 4. The average Bonchev–Trinajstić information content (AvgIpc) is 3.06. The molecular weight excluding hydrogens is 532 g/mol. The van der Waals surface area contributed by atoms with Gasteiger partial charge in [0.1, 0.15) is 12.2 Å². The predicted molar refractivity (Wildman–Crippen MR) is 177 cm³/mol. The molecule has 43 heavy (non-hydrogen) atoms. The predicted octanol–water partition coefficient (Wildman–Crippen LogP) is 10.0. The van der Waals surface area contributed by atoms with Gasteiger partial charge < -0.3 is 14.2 Å². The van der Waals surface area contributed by atoms with Crippen LogP contribution in [0.25, 0.3) is 0 Å². The molecule has 3 rings (SSSR count).